The molecule has 138 valence electrons. The van der Waals surface area contributed by atoms with Crippen molar-refractivity contribution in [3.63, 3.8) is 0 Å². The summed E-state index contributed by atoms with van der Waals surface area (Å²) < 4.78 is 11.2. The van der Waals surface area contributed by atoms with Crippen molar-refractivity contribution in [2.75, 3.05) is 33.9 Å². The van der Waals surface area contributed by atoms with E-state index in [-0.39, 0.29) is 6.10 Å². The number of benzene rings is 2. The van der Waals surface area contributed by atoms with Crippen LogP contribution in [-0.2, 0) is 11.3 Å². The van der Waals surface area contributed by atoms with Crippen LogP contribution in [0, 0.1) is 6.92 Å². The summed E-state index contributed by atoms with van der Waals surface area (Å²) in [6.45, 7) is 5.19. The van der Waals surface area contributed by atoms with E-state index < -0.39 is 0 Å². The smallest absolute Gasteiger partial charge is 0.194 e. The molecule has 0 aliphatic carbocycles. The molecule has 0 aromatic heterocycles. The minimum Gasteiger partial charge on any atom is -0.497 e. The first kappa shape index (κ1) is 18.3. The van der Waals surface area contributed by atoms with Gasteiger partial charge in [0.1, 0.15) is 11.9 Å². The first-order valence-electron chi connectivity index (χ1n) is 8.97. The van der Waals surface area contributed by atoms with Gasteiger partial charge in [-0.2, -0.15) is 0 Å². The van der Waals surface area contributed by atoms with E-state index in [1.165, 1.54) is 16.7 Å². The zero-order valence-corrected chi connectivity index (χ0v) is 15.7. The quantitative estimate of drug-likeness (QED) is 0.677. The van der Waals surface area contributed by atoms with Crippen LogP contribution in [0.3, 0.4) is 0 Å². The molecule has 1 saturated heterocycles. The largest absolute Gasteiger partial charge is 0.497 e. The Morgan fingerprint density at radius 2 is 2.00 bits per heavy atom. The molecule has 0 saturated carbocycles. The highest BCUT2D eigenvalue weighted by molar-refractivity contribution is 5.80. The van der Waals surface area contributed by atoms with Crippen LogP contribution in [-0.4, -0.2) is 44.7 Å². The summed E-state index contributed by atoms with van der Waals surface area (Å²) in [7, 11) is 3.51. The van der Waals surface area contributed by atoms with Crippen molar-refractivity contribution in [2.45, 2.75) is 19.6 Å². The third-order valence-corrected chi connectivity index (χ3v) is 4.72. The average Bonchev–Trinajstić information content (AvgIpc) is 2.69. The fourth-order valence-corrected chi connectivity index (χ4v) is 3.23. The Hall–Kier alpha value is -2.53. The number of guanidine groups is 1. The van der Waals surface area contributed by atoms with Crippen molar-refractivity contribution >= 4 is 5.96 Å². The van der Waals surface area contributed by atoms with Gasteiger partial charge in [-0.25, -0.2) is 0 Å². The molecular weight excluding hydrogens is 326 g/mol. The number of hydrogen-bond donors (Lipinski definition) is 1. The Morgan fingerprint density at radius 3 is 2.69 bits per heavy atom. The second-order valence-corrected chi connectivity index (χ2v) is 6.41. The molecule has 2 aromatic rings. The Balaban J connectivity index is 1.63. The highest BCUT2D eigenvalue weighted by atomic mass is 16.5. The van der Waals surface area contributed by atoms with E-state index in [2.05, 4.69) is 58.5 Å². The van der Waals surface area contributed by atoms with Crippen molar-refractivity contribution in [1.29, 1.82) is 0 Å². The van der Waals surface area contributed by atoms with Crippen LogP contribution in [0.15, 0.2) is 53.5 Å². The predicted octanol–water partition coefficient (Wildman–Crippen LogP) is 3.15. The first-order valence-corrected chi connectivity index (χ1v) is 8.97. The van der Waals surface area contributed by atoms with Crippen LogP contribution in [0.1, 0.15) is 22.8 Å². The molecule has 1 aliphatic heterocycles. The molecule has 1 heterocycles. The highest BCUT2D eigenvalue weighted by Crippen LogP contribution is 2.25. The zero-order chi connectivity index (χ0) is 18.4. The van der Waals surface area contributed by atoms with E-state index in [9.17, 15) is 0 Å². The molecule has 5 heteroatoms. The lowest BCUT2D eigenvalue weighted by Crippen LogP contribution is -2.48. The predicted molar refractivity (Wildman–Crippen MR) is 105 cm³/mol. The lowest BCUT2D eigenvalue weighted by atomic mass is 10.0. The molecule has 1 unspecified atom stereocenters. The lowest BCUT2D eigenvalue weighted by molar-refractivity contribution is -0.00833. The van der Waals surface area contributed by atoms with Crippen LogP contribution in [0.2, 0.25) is 0 Å². The summed E-state index contributed by atoms with van der Waals surface area (Å²) in [5, 5.41) is 3.46. The van der Waals surface area contributed by atoms with Crippen LogP contribution in [0.25, 0.3) is 0 Å². The van der Waals surface area contributed by atoms with Gasteiger partial charge >= 0.3 is 0 Å². The Kier molecular flexibility index (Phi) is 6.12. The summed E-state index contributed by atoms with van der Waals surface area (Å²) in [6.07, 6.45) is 0.0736. The monoisotopic (exact) mass is 353 g/mol. The van der Waals surface area contributed by atoms with Crippen molar-refractivity contribution in [3.05, 3.63) is 65.2 Å². The highest BCUT2D eigenvalue weighted by Gasteiger charge is 2.25. The van der Waals surface area contributed by atoms with Gasteiger partial charge in [0, 0.05) is 20.1 Å². The van der Waals surface area contributed by atoms with Gasteiger partial charge in [-0.1, -0.05) is 36.4 Å². The summed E-state index contributed by atoms with van der Waals surface area (Å²) >= 11 is 0. The lowest BCUT2D eigenvalue weighted by Gasteiger charge is -2.35. The molecule has 5 nitrogen and oxygen atoms in total. The van der Waals surface area contributed by atoms with Crippen molar-refractivity contribution in [3.8, 4) is 5.75 Å². The fraction of sp³-hybridized carbons (Fsp3) is 0.381. The molecule has 26 heavy (non-hydrogen) atoms. The standard InChI is InChI=1S/C21H27N3O2/c1-16-6-4-5-7-19(16)20-15-24(12-13-26-20)21(22-2)23-14-17-8-10-18(25-3)11-9-17/h4-11,20H,12-15H2,1-3H3,(H,22,23). The van der Waals surface area contributed by atoms with Crippen molar-refractivity contribution in [1.82, 2.24) is 10.2 Å². The molecule has 1 fully saturated rings. The Labute approximate surface area is 155 Å². The number of nitrogens with one attached hydrogen (secondary N) is 1. The minimum absolute atomic E-state index is 0.0736. The van der Waals surface area contributed by atoms with Gasteiger partial charge < -0.3 is 19.7 Å². The molecule has 0 bridgehead atoms. The number of rotatable bonds is 4. The fourth-order valence-electron chi connectivity index (χ4n) is 3.23. The zero-order valence-electron chi connectivity index (χ0n) is 15.7. The van der Waals surface area contributed by atoms with E-state index in [0.29, 0.717) is 6.61 Å². The minimum atomic E-state index is 0.0736. The summed E-state index contributed by atoms with van der Waals surface area (Å²) in [4.78, 5) is 6.73. The van der Waals surface area contributed by atoms with E-state index >= 15 is 0 Å². The molecule has 0 radical (unpaired) electrons. The molecule has 3 rings (SSSR count). The SMILES string of the molecule is CN=C(NCc1ccc(OC)cc1)N1CCOC(c2ccccc2C)C1. The molecule has 1 N–H and O–H groups in total. The average molecular weight is 353 g/mol. The topological polar surface area (TPSA) is 46.1 Å². The van der Waals surface area contributed by atoms with Gasteiger partial charge in [0.2, 0.25) is 0 Å². The van der Waals surface area contributed by atoms with Gasteiger partial charge in [-0.05, 0) is 35.7 Å². The van der Waals surface area contributed by atoms with Gasteiger partial charge in [0.15, 0.2) is 5.96 Å². The van der Waals surface area contributed by atoms with Crippen molar-refractivity contribution in [2.24, 2.45) is 4.99 Å². The van der Waals surface area contributed by atoms with Crippen LogP contribution >= 0.6 is 0 Å². The maximum absolute atomic E-state index is 6.02. The second-order valence-electron chi connectivity index (χ2n) is 6.41. The molecule has 0 amide bonds. The van der Waals surface area contributed by atoms with Crippen LogP contribution in [0.4, 0.5) is 0 Å². The van der Waals surface area contributed by atoms with Gasteiger partial charge in [0.05, 0.1) is 20.3 Å². The van der Waals surface area contributed by atoms with E-state index in [1.807, 2.05) is 19.2 Å². The number of aliphatic imine (C=N–C) groups is 1. The molecular formula is C21H27N3O2. The molecule has 0 spiro atoms. The van der Waals surface area contributed by atoms with E-state index in [1.54, 1.807) is 7.11 Å². The number of morpholine rings is 1. The van der Waals surface area contributed by atoms with Gasteiger partial charge in [0.25, 0.3) is 0 Å². The van der Waals surface area contributed by atoms with Crippen LogP contribution < -0.4 is 10.1 Å². The molecule has 1 aliphatic rings. The van der Waals surface area contributed by atoms with Gasteiger partial charge in [-0.3, -0.25) is 4.99 Å². The number of ether oxygens (including phenoxy) is 2. The first-order chi connectivity index (χ1) is 12.7. The Bertz CT molecular complexity index is 743. The third kappa shape index (κ3) is 4.35. The van der Waals surface area contributed by atoms with E-state index in [0.717, 1.165) is 31.3 Å². The van der Waals surface area contributed by atoms with Crippen molar-refractivity contribution < 1.29 is 9.47 Å². The second kappa shape index (κ2) is 8.72. The normalized spacial score (nSPS) is 17.9. The van der Waals surface area contributed by atoms with E-state index in [4.69, 9.17) is 9.47 Å². The third-order valence-electron chi connectivity index (χ3n) is 4.72. The number of hydrogen-bond acceptors (Lipinski definition) is 3. The van der Waals surface area contributed by atoms with Gasteiger partial charge in [-0.15, -0.1) is 0 Å². The summed E-state index contributed by atoms with van der Waals surface area (Å²) in [5.74, 6) is 1.77. The molecule has 2 aromatic carbocycles. The van der Waals surface area contributed by atoms with Crippen LogP contribution in [0.5, 0.6) is 5.75 Å². The number of aryl methyl sites for hydroxylation is 1. The summed E-state index contributed by atoms with van der Waals surface area (Å²) in [6, 6.07) is 16.5. The maximum atomic E-state index is 6.02. The maximum Gasteiger partial charge on any atom is 0.194 e. The summed E-state index contributed by atoms with van der Waals surface area (Å²) in [5.41, 5.74) is 3.71. The molecule has 1 atom stereocenters. The number of methoxy groups -OCH3 is 1. The Morgan fingerprint density at radius 1 is 1.23 bits per heavy atom. The number of nitrogens with zero attached hydrogens (tertiary/aromatic N) is 2.